The van der Waals surface area contributed by atoms with Gasteiger partial charge in [-0.25, -0.2) is 0 Å². The second-order valence-electron chi connectivity index (χ2n) is 4.60. The molecule has 0 amide bonds. The average Bonchev–Trinajstić information content (AvgIpc) is 2.38. The van der Waals surface area contributed by atoms with Crippen molar-refractivity contribution in [3.05, 3.63) is 48.5 Å². The monoisotopic (exact) mass is 234 g/mol. The third-order valence-corrected chi connectivity index (χ3v) is 3.58. The van der Waals surface area contributed by atoms with Gasteiger partial charge in [0.15, 0.2) is 0 Å². The molecule has 86 valence electrons. The van der Waals surface area contributed by atoms with Crippen molar-refractivity contribution in [2.75, 3.05) is 0 Å². The van der Waals surface area contributed by atoms with Gasteiger partial charge in [-0.3, -0.25) is 0 Å². The highest BCUT2D eigenvalue weighted by Crippen LogP contribution is 2.42. The molecule has 18 heavy (non-hydrogen) atoms. The van der Waals surface area contributed by atoms with E-state index in [-0.39, 0.29) is 11.5 Å². The molecule has 0 heterocycles. The molecule has 0 spiro atoms. The standard InChI is InChI=1S/C16H10O2/c17-13-8-10-4-2-6-12-14(18)7-9-3-1-5-11(13)15(9)16(10)12/h1-8,17-18H. The Morgan fingerprint density at radius 1 is 0.611 bits per heavy atom. The molecule has 4 aromatic carbocycles. The van der Waals surface area contributed by atoms with E-state index in [4.69, 9.17) is 0 Å². The Morgan fingerprint density at radius 2 is 1.06 bits per heavy atom. The molecule has 2 N–H and O–H groups in total. The number of phenolic OH excluding ortho intramolecular Hbond substituents is 2. The summed E-state index contributed by atoms with van der Waals surface area (Å²) in [6.45, 7) is 0. The normalized spacial score (nSPS) is 11.8. The summed E-state index contributed by atoms with van der Waals surface area (Å²) in [6.07, 6.45) is 0. The Kier molecular flexibility index (Phi) is 1.61. The lowest BCUT2D eigenvalue weighted by Crippen LogP contribution is -1.84. The first-order valence-electron chi connectivity index (χ1n) is 5.84. The van der Waals surface area contributed by atoms with Gasteiger partial charge in [-0.15, -0.1) is 0 Å². The Balaban J connectivity index is 2.50. The molecule has 0 radical (unpaired) electrons. The highest BCUT2D eigenvalue weighted by Gasteiger charge is 2.13. The van der Waals surface area contributed by atoms with Crippen LogP contribution in [0.3, 0.4) is 0 Å². The molecule has 0 bridgehead atoms. The molecular weight excluding hydrogens is 224 g/mol. The van der Waals surface area contributed by atoms with E-state index in [9.17, 15) is 10.2 Å². The van der Waals surface area contributed by atoms with Crippen LogP contribution in [0.25, 0.3) is 32.3 Å². The van der Waals surface area contributed by atoms with Crippen LogP contribution in [0.5, 0.6) is 11.5 Å². The molecule has 0 unspecified atom stereocenters. The molecule has 0 saturated heterocycles. The minimum absolute atomic E-state index is 0.284. The summed E-state index contributed by atoms with van der Waals surface area (Å²) in [5.74, 6) is 0.567. The molecular formula is C16H10O2. The van der Waals surface area contributed by atoms with E-state index in [2.05, 4.69) is 0 Å². The van der Waals surface area contributed by atoms with Gasteiger partial charge in [-0.1, -0.05) is 36.4 Å². The third kappa shape index (κ3) is 1.02. The van der Waals surface area contributed by atoms with E-state index in [1.807, 2.05) is 36.4 Å². The van der Waals surface area contributed by atoms with Crippen LogP contribution in [-0.2, 0) is 0 Å². The van der Waals surface area contributed by atoms with Gasteiger partial charge in [-0.2, -0.15) is 0 Å². The number of phenols is 2. The molecule has 0 aromatic heterocycles. The highest BCUT2D eigenvalue weighted by molar-refractivity contribution is 6.25. The molecule has 0 aliphatic heterocycles. The fraction of sp³-hybridized carbons (Fsp3) is 0. The molecule has 0 saturated carbocycles. The first-order chi connectivity index (χ1) is 8.75. The fourth-order valence-electron chi connectivity index (χ4n) is 2.82. The van der Waals surface area contributed by atoms with Crippen molar-refractivity contribution in [3.63, 3.8) is 0 Å². The molecule has 2 heteroatoms. The van der Waals surface area contributed by atoms with Gasteiger partial charge >= 0.3 is 0 Å². The second kappa shape index (κ2) is 3.05. The molecule has 0 atom stereocenters. The van der Waals surface area contributed by atoms with Gasteiger partial charge in [-0.05, 0) is 22.9 Å². The van der Waals surface area contributed by atoms with Crippen molar-refractivity contribution in [2.24, 2.45) is 0 Å². The van der Waals surface area contributed by atoms with Crippen molar-refractivity contribution >= 4 is 32.3 Å². The van der Waals surface area contributed by atoms with Crippen LogP contribution in [-0.4, -0.2) is 10.2 Å². The number of aromatic hydroxyl groups is 2. The Morgan fingerprint density at radius 3 is 1.50 bits per heavy atom. The van der Waals surface area contributed by atoms with E-state index in [1.54, 1.807) is 12.1 Å². The first kappa shape index (κ1) is 9.54. The number of rotatable bonds is 0. The van der Waals surface area contributed by atoms with E-state index in [0.29, 0.717) is 0 Å². The van der Waals surface area contributed by atoms with Gasteiger partial charge in [0.1, 0.15) is 11.5 Å². The summed E-state index contributed by atoms with van der Waals surface area (Å²) in [4.78, 5) is 0. The van der Waals surface area contributed by atoms with Crippen molar-refractivity contribution in [1.82, 2.24) is 0 Å². The van der Waals surface area contributed by atoms with E-state index in [1.165, 1.54) is 0 Å². The summed E-state index contributed by atoms with van der Waals surface area (Å²) in [7, 11) is 0. The predicted molar refractivity (Wildman–Crippen MR) is 73.5 cm³/mol. The van der Waals surface area contributed by atoms with Gasteiger partial charge < -0.3 is 10.2 Å². The molecule has 0 aliphatic rings. The SMILES string of the molecule is Oc1cc2cccc3c(O)cc4cccc1c4c23. The fourth-order valence-corrected chi connectivity index (χ4v) is 2.82. The molecule has 2 nitrogen and oxygen atoms in total. The summed E-state index contributed by atoms with van der Waals surface area (Å²) >= 11 is 0. The van der Waals surface area contributed by atoms with E-state index >= 15 is 0 Å². The lowest BCUT2D eigenvalue weighted by atomic mass is 9.93. The lowest BCUT2D eigenvalue weighted by molar-refractivity contribution is 0.481. The first-order valence-corrected chi connectivity index (χ1v) is 5.84. The summed E-state index contributed by atoms with van der Waals surface area (Å²) in [5.41, 5.74) is 0. The largest absolute Gasteiger partial charge is 0.507 e. The van der Waals surface area contributed by atoms with Gasteiger partial charge in [0, 0.05) is 21.5 Å². The minimum Gasteiger partial charge on any atom is -0.507 e. The van der Waals surface area contributed by atoms with Crippen LogP contribution in [0.15, 0.2) is 48.5 Å². The maximum atomic E-state index is 10.1. The maximum absolute atomic E-state index is 10.1. The van der Waals surface area contributed by atoms with Crippen molar-refractivity contribution in [2.45, 2.75) is 0 Å². The zero-order chi connectivity index (χ0) is 12.3. The third-order valence-electron chi connectivity index (χ3n) is 3.58. The number of hydrogen-bond donors (Lipinski definition) is 2. The van der Waals surface area contributed by atoms with Crippen molar-refractivity contribution in [1.29, 1.82) is 0 Å². The zero-order valence-electron chi connectivity index (χ0n) is 9.51. The Bertz CT molecular complexity index is 818. The quantitative estimate of drug-likeness (QED) is 0.451. The summed E-state index contributed by atoms with van der Waals surface area (Å²) < 4.78 is 0. The second-order valence-corrected chi connectivity index (χ2v) is 4.60. The van der Waals surface area contributed by atoms with E-state index < -0.39 is 0 Å². The summed E-state index contributed by atoms with van der Waals surface area (Å²) in [5, 5.41) is 25.8. The Hall–Kier alpha value is -2.48. The lowest BCUT2D eigenvalue weighted by Gasteiger charge is -2.12. The van der Waals surface area contributed by atoms with Gasteiger partial charge in [0.25, 0.3) is 0 Å². The minimum atomic E-state index is 0.284. The van der Waals surface area contributed by atoms with Crippen LogP contribution in [0, 0.1) is 0 Å². The van der Waals surface area contributed by atoms with Crippen LogP contribution in [0.4, 0.5) is 0 Å². The van der Waals surface area contributed by atoms with Crippen LogP contribution >= 0.6 is 0 Å². The van der Waals surface area contributed by atoms with E-state index in [0.717, 1.165) is 32.3 Å². The van der Waals surface area contributed by atoms with Crippen LogP contribution in [0.1, 0.15) is 0 Å². The Labute approximate surface area is 103 Å². The molecule has 4 aromatic rings. The van der Waals surface area contributed by atoms with Gasteiger partial charge in [0.05, 0.1) is 0 Å². The molecule has 0 fully saturated rings. The van der Waals surface area contributed by atoms with Gasteiger partial charge in [0.2, 0.25) is 0 Å². The average molecular weight is 234 g/mol. The number of benzene rings is 4. The number of hydrogen-bond acceptors (Lipinski definition) is 2. The van der Waals surface area contributed by atoms with Crippen molar-refractivity contribution < 1.29 is 10.2 Å². The molecule has 4 rings (SSSR count). The highest BCUT2D eigenvalue weighted by atomic mass is 16.3. The van der Waals surface area contributed by atoms with Crippen LogP contribution < -0.4 is 0 Å². The zero-order valence-corrected chi connectivity index (χ0v) is 9.51. The van der Waals surface area contributed by atoms with Crippen LogP contribution in [0.2, 0.25) is 0 Å². The molecule has 0 aliphatic carbocycles. The van der Waals surface area contributed by atoms with Crippen molar-refractivity contribution in [3.8, 4) is 11.5 Å². The maximum Gasteiger partial charge on any atom is 0.124 e. The topological polar surface area (TPSA) is 40.5 Å². The predicted octanol–water partition coefficient (Wildman–Crippen LogP) is 4.00. The summed E-state index contributed by atoms with van der Waals surface area (Å²) in [6, 6.07) is 15.0. The smallest absolute Gasteiger partial charge is 0.124 e.